The monoisotopic (exact) mass is 426 g/mol. The van der Waals surface area contributed by atoms with E-state index in [2.05, 4.69) is 10.6 Å². The van der Waals surface area contributed by atoms with E-state index in [-0.39, 0.29) is 18.0 Å². The summed E-state index contributed by atoms with van der Waals surface area (Å²) in [6.45, 7) is 5.08. The highest BCUT2D eigenvalue weighted by molar-refractivity contribution is 7.89. The number of carbonyl (C=O) groups is 2. The lowest BCUT2D eigenvalue weighted by Gasteiger charge is -2.35. The van der Waals surface area contributed by atoms with Crippen molar-refractivity contribution in [1.82, 2.24) is 19.8 Å². The van der Waals surface area contributed by atoms with Gasteiger partial charge in [0.1, 0.15) is 6.23 Å². The summed E-state index contributed by atoms with van der Waals surface area (Å²) in [4.78, 5) is 26.0. The smallest absolute Gasteiger partial charge is 0.309 e. The van der Waals surface area contributed by atoms with E-state index in [9.17, 15) is 18.0 Å². The SMILES string of the molecule is Cc1ccc(C)c(S(=O)(=O)N2CCCO[C@H]2CNC(=O)C(=O)NCCN(C)C)c1. The third kappa shape index (κ3) is 6.23. The molecule has 0 unspecified atom stereocenters. The number of nitrogens with zero attached hydrogens (tertiary/aromatic N) is 2. The zero-order valence-electron chi connectivity index (χ0n) is 17.4. The fourth-order valence-electron chi connectivity index (χ4n) is 2.95. The fraction of sp³-hybridized carbons (Fsp3) is 0.579. The van der Waals surface area contributed by atoms with Crippen LogP contribution in [0.25, 0.3) is 0 Å². The summed E-state index contributed by atoms with van der Waals surface area (Å²) in [6, 6.07) is 5.25. The lowest BCUT2D eigenvalue weighted by molar-refractivity contribution is -0.140. The molecule has 1 aliphatic rings. The minimum atomic E-state index is -3.81. The predicted octanol–water partition coefficient (Wildman–Crippen LogP) is -0.165. The second-order valence-electron chi connectivity index (χ2n) is 7.33. The van der Waals surface area contributed by atoms with Crippen LogP contribution < -0.4 is 10.6 Å². The molecule has 1 saturated heterocycles. The highest BCUT2D eigenvalue weighted by Gasteiger charge is 2.35. The van der Waals surface area contributed by atoms with Gasteiger partial charge in [0.05, 0.1) is 18.0 Å². The van der Waals surface area contributed by atoms with Gasteiger partial charge in [0.2, 0.25) is 10.0 Å². The van der Waals surface area contributed by atoms with E-state index in [1.165, 1.54) is 4.31 Å². The number of sulfonamides is 1. The van der Waals surface area contributed by atoms with E-state index in [4.69, 9.17) is 4.74 Å². The van der Waals surface area contributed by atoms with Crippen LogP contribution in [0.1, 0.15) is 17.5 Å². The standard InChI is InChI=1S/C19H30N4O5S/c1-14-6-7-15(2)16(12-14)29(26,27)23-9-5-11-28-17(23)13-21-19(25)18(24)20-8-10-22(3)4/h6-7,12,17H,5,8-11,13H2,1-4H3,(H,20,24)(H,21,25)/t17-/m0/s1. The Morgan fingerprint density at radius 1 is 1.21 bits per heavy atom. The summed E-state index contributed by atoms with van der Waals surface area (Å²) in [7, 11) is -0.0878. The summed E-state index contributed by atoms with van der Waals surface area (Å²) < 4.78 is 33.3. The van der Waals surface area contributed by atoms with Gasteiger partial charge in [-0.2, -0.15) is 4.31 Å². The van der Waals surface area contributed by atoms with Crippen molar-refractivity contribution in [2.75, 3.05) is 46.9 Å². The molecule has 1 heterocycles. The highest BCUT2D eigenvalue weighted by atomic mass is 32.2. The molecule has 10 heteroatoms. The fourth-order valence-corrected chi connectivity index (χ4v) is 4.82. The van der Waals surface area contributed by atoms with Crippen LogP contribution in [-0.4, -0.2) is 82.5 Å². The molecule has 2 N–H and O–H groups in total. The van der Waals surface area contributed by atoms with Gasteiger partial charge in [-0.3, -0.25) is 9.59 Å². The van der Waals surface area contributed by atoms with Gasteiger partial charge in [0.15, 0.2) is 0 Å². The van der Waals surface area contributed by atoms with Crippen molar-refractivity contribution in [2.24, 2.45) is 0 Å². The molecule has 0 saturated carbocycles. The Kier molecular flexibility index (Phi) is 8.14. The lowest BCUT2D eigenvalue weighted by Crippen LogP contribution is -2.53. The molecule has 0 radical (unpaired) electrons. The average molecular weight is 427 g/mol. The van der Waals surface area contributed by atoms with Crippen molar-refractivity contribution >= 4 is 21.8 Å². The second-order valence-corrected chi connectivity index (χ2v) is 9.19. The first-order valence-electron chi connectivity index (χ1n) is 9.54. The number of nitrogens with one attached hydrogen (secondary N) is 2. The quantitative estimate of drug-likeness (QED) is 0.587. The van der Waals surface area contributed by atoms with Gasteiger partial charge in [-0.05, 0) is 51.6 Å². The van der Waals surface area contributed by atoms with Gasteiger partial charge in [-0.15, -0.1) is 0 Å². The van der Waals surface area contributed by atoms with E-state index in [0.29, 0.717) is 31.7 Å². The van der Waals surface area contributed by atoms with Gasteiger partial charge in [-0.1, -0.05) is 12.1 Å². The van der Waals surface area contributed by atoms with Gasteiger partial charge in [-0.25, -0.2) is 8.42 Å². The van der Waals surface area contributed by atoms with Crippen molar-refractivity contribution in [1.29, 1.82) is 0 Å². The van der Waals surface area contributed by atoms with Crippen LogP contribution in [0.5, 0.6) is 0 Å². The maximum atomic E-state index is 13.2. The summed E-state index contributed by atoms with van der Waals surface area (Å²) >= 11 is 0. The molecule has 0 bridgehead atoms. The summed E-state index contributed by atoms with van der Waals surface area (Å²) in [6.07, 6.45) is -0.313. The minimum Gasteiger partial charge on any atom is -0.360 e. The maximum Gasteiger partial charge on any atom is 0.309 e. The highest BCUT2D eigenvalue weighted by Crippen LogP contribution is 2.25. The van der Waals surface area contributed by atoms with Crippen molar-refractivity contribution in [3.8, 4) is 0 Å². The van der Waals surface area contributed by atoms with Crippen LogP contribution >= 0.6 is 0 Å². The number of carbonyl (C=O) groups excluding carboxylic acids is 2. The summed E-state index contributed by atoms with van der Waals surface area (Å²) in [5.41, 5.74) is 1.48. The van der Waals surface area contributed by atoms with Crippen molar-refractivity contribution < 1.29 is 22.7 Å². The molecule has 29 heavy (non-hydrogen) atoms. The molecular weight excluding hydrogens is 396 g/mol. The average Bonchev–Trinajstić information content (AvgIpc) is 2.67. The first kappa shape index (κ1) is 23.3. The molecule has 1 aromatic carbocycles. The van der Waals surface area contributed by atoms with Crippen LogP contribution in [0.15, 0.2) is 23.1 Å². The van der Waals surface area contributed by atoms with Gasteiger partial charge in [0, 0.05) is 19.6 Å². The Labute approximate surface area is 172 Å². The number of benzene rings is 1. The van der Waals surface area contributed by atoms with Crippen LogP contribution in [0.3, 0.4) is 0 Å². The Balaban J connectivity index is 2.05. The van der Waals surface area contributed by atoms with Crippen molar-refractivity contribution in [2.45, 2.75) is 31.4 Å². The number of amides is 2. The van der Waals surface area contributed by atoms with Crippen LogP contribution in [0.4, 0.5) is 0 Å². The first-order chi connectivity index (χ1) is 13.6. The molecule has 1 fully saturated rings. The Hall–Kier alpha value is -2.01. The van der Waals surface area contributed by atoms with Crippen LogP contribution in [-0.2, 0) is 24.3 Å². The summed E-state index contributed by atoms with van der Waals surface area (Å²) in [5, 5.41) is 4.99. The predicted molar refractivity (Wildman–Crippen MR) is 109 cm³/mol. The van der Waals surface area contributed by atoms with Crippen LogP contribution in [0.2, 0.25) is 0 Å². The Bertz CT molecular complexity index is 841. The molecule has 0 spiro atoms. The zero-order chi connectivity index (χ0) is 21.6. The largest absolute Gasteiger partial charge is 0.360 e. The van der Waals surface area contributed by atoms with E-state index in [1.54, 1.807) is 19.1 Å². The molecule has 0 aromatic heterocycles. The third-order valence-electron chi connectivity index (χ3n) is 4.57. The number of ether oxygens (including phenoxy) is 1. The number of hydrogen-bond acceptors (Lipinski definition) is 6. The van der Waals surface area contributed by atoms with Gasteiger partial charge in [0.25, 0.3) is 0 Å². The minimum absolute atomic E-state index is 0.107. The van der Waals surface area contributed by atoms with E-state index in [1.807, 2.05) is 32.0 Å². The molecule has 1 aliphatic heterocycles. The molecule has 0 aliphatic carbocycles. The Morgan fingerprint density at radius 3 is 2.59 bits per heavy atom. The number of hydrogen-bond donors (Lipinski definition) is 2. The number of likely N-dealkylation sites (N-methyl/N-ethyl adjacent to an activating group) is 1. The van der Waals surface area contributed by atoms with Gasteiger partial charge >= 0.3 is 11.8 Å². The number of aryl methyl sites for hydroxylation is 2. The normalized spacial score (nSPS) is 17.9. The van der Waals surface area contributed by atoms with Crippen LogP contribution in [0, 0.1) is 13.8 Å². The molecule has 162 valence electrons. The third-order valence-corrected chi connectivity index (χ3v) is 6.60. The molecule has 9 nitrogen and oxygen atoms in total. The second kappa shape index (κ2) is 10.1. The zero-order valence-corrected chi connectivity index (χ0v) is 18.2. The first-order valence-corrected chi connectivity index (χ1v) is 11.0. The number of rotatable bonds is 7. The molecule has 1 aromatic rings. The van der Waals surface area contributed by atoms with Crippen molar-refractivity contribution in [3.63, 3.8) is 0 Å². The molecular formula is C19H30N4O5S. The summed E-state index contributed by atoms with van der Waals surface area (Å²) in [5.74, 6) is -1.58. The Morgan fingerprint density at radius 2 is 1.90 bits per heavy atom. The lowest BCUT2D eigenvalue weighted by atomic mass is 10.2. The molecule has 2 amide bonds. The van der Waals surface area contributed by atoms with E-state index < -0.39 is 28.1 Å². The van der Waals surface area contributed by atoms with Crippen molar-refractivity contribution in [3.05, 3.63) is 29.3 Å². The van der Waals surface area contributed by atoms with E-state index >= 15 is 0 Å². The van der Waals surface area contributed by atoms with Gasteiger partial charge < -0.3 is 20.3 Å². The van der Waals surface area contributed by atoms with E-state index in [0.717, 1.165) is 5.56 Å². The maximum absolute atomic E-state index is 13.2. The molecule has 1 atom stereocenters. The topological polar surface area (TPSA) is 108 Å². The molecule has 2 rings (SSSR count).